The number of nitrogens with zero attached hydrogens (tertiary/aromatic N) is 10. The van der Waals surface area contributed by atoms with Crippen LogP contribution in [0.5, 0.6) is 0 Å². The highest BCUT2D eigenvalue weighted by molar-refractivity contribution is 7.92. The van der Waals surface area contributed by atoms with E-state index in [2.05, 4.69) is 225 Å². The number of pyridine rings is 2. The van der Waals surface area contributed by atoms with Gasteiger partial charge in [0.2, 0.25) is 21.9 Å². The Kier molecular flexibility index (Phi) is 28.4. The van der Waals surface area contributed by atoms with Gasteiger partial charge in [-0.15, -0.1) is 56.7 Å². The van der Waals surface area contributed by atoms with E-state index < -0.39 is 39.9 Å². The molecule has 0 spiro atoms. The zero-order valence-corrected chi connectivity index (χ0v) is 87.5. The smallest absolute Gasteiger partial charge is 0.338 e. The number of hydrogen-bond donors (Lipinski definition) is 6. The fourth-order valence-corrected chi connectivity index (χ4v) is 29.1. The van der Waals surface area contributed by atoms with Crippen LogP contribution in [0.4, 0.5) is 48.5 Å². The van der Waals surface area contributed by atoms with E-state index in [9.17, 15) is 37.2 Å². The summed E-state index contributed by atoms with van der Waals surface area (Å²) in [5.41, 5.74) is 15.4. The van der Waals surface area contributed by atoms with Gasteiger partial charge in [-0.25, -0.2) is 66.6 Å². The fourth-order valence-electron chi connectivity index (χ4n) is 19.6. The number of carboxylic acids is 5. The largest absolute Gasteiger partial charge is 0.478 e. The molecule has 30 heteroatoms. The van der Waals surface area contributed by atoms with Gasteiger partial charge < -0.3 is 40.6 Å². The molecule has 714 valence electrons. The first-order valence-corrected chi connectivity index (χ1v) is 51.5. The third-order valence-corrected chi connectivity index (χ3v) is 37.4. The molecule has 0 radical (unpaired) electrons. The summed E-state index contributed by atoms with van der Waals surface area (Å²) in [6.45, 7) is 61.0. The molecular weight excluding hydrogens is 1790 g/mol. The molecule has 16 rings (SSSR count). The van der Waals surface area contributed by atoms with Gasteiger partial charge >= 0.3 is 29.8 Å². The molecule has 24 nitrogen and oxygen atoms in total. The van der Waals surface area contributed by atoms with Gasteiger partial charge in [0.15, 0.2) is 0 Å². The molecule has 0 atom stereocenters. The molecule has 9 heterocycles. The van der Waals surface area contributed by atoms with Crippen LogP contribution in [-0.4, -0.2) is 125 Å². The molecule has 1 aromatic carbocycles. The van der Waals surface area contributed by atoms with Gasteiger partial charge in [-0.3, -0.25) is 9.69 Å². The van der Waals surface area contributed by atoms with Gasteiger partial charge in [0, 0.05) is 86.3 Å². The molecule has 0 aliphatic heterocycles. The Labute approximate surface area is 804 Å². The van der Waals surface area contributed by atoms with Gasteiger partial charge in [-0.2, -0.15) is 0 Å². The van der Waals surface area contributed by atoms with E-state index in [1.54, 1.807) is 29.5 Å². The third kappa shape index (κ3) is 20.7. The molecule has 0 unspecified atom stereocenters. The van der Waals surface area contributed by atoms with E-state index in [0.717, 1.165) is 71.7 Å². The Morgan fingerprint density at radius 2 is 0.647 bits per heavy atom. The number of rotatable bonds is 18. The molecule has 1 fully saturated rings. The van der Waals surface area contributed by atoms with Crippen molar-refractivity contribution in [2.45, 2.75) is 330 Å². The Balaban J connectivity index is 0.000000150. The average molecular weight is 1930 g/mol. The normalized spacial score (nSPS) is 18.2. The molecule has 0 saturated heterocycles. The first-order chi connectivity index (χ1) is 61.4. The number of amides is 1. The van der Waals surface area contributed by atoms with Gasteiger partial charge in [-0.05, 0) is 284 Å². The van der Waals surface area contributed by atoms with Crippen LogP contribution >= 0.6 is 56.7 Å². The summed E-state index contributed by atoms with van der Waals surface area (Å²) in [7, 11) is -1.72. The van der Waals surface area contributed by atoms with Gasteiger partial charge in [0.25, 0.3) is 5.91 Å². The first kappa shape index (κ1) is 102. The van der Waals surface area contributed by atoms with Crippen molar-refractivity contribution in [1.82, 2.24) is 29.9 Å². The van der Waals surface area contributed by atoms with Crippen LogP contribution in [0.25, 0.3) is 0 Å². The Bertz CT molecular complexity index is 6100. The number of hydrogen-bond acceptors (Lipinski definition) is 22. The summed E-state index contributed by atoms with van der Waals surface area (Å²) in [5.74, 6) is -3.14. The van der Waals surface area contributed by atoms with Crippen LogP contribution in [0.15, 0.2) is 85.7 Å². The van der Waals surface area contributed by atoms with Crippen LogP contribution in [0.3, 0.4) is 0 Å². The lowest BCUT2D eigenvalue weighted by Crippen LogP contribution is -2.32. The Hall–Kier alpha value is -9.85. The number of benzene rings is 1. The lowest BCUT2D eigenvalue weighted by atomic mass is 9.66. The quantitative estimate of drug-likeness (QED) is 0.0465. The number of carbonyl (C=O) groups is 6. The second kappa shape index (κ2) is 37.0. The zero-order valence-electron chi connectivity index (χ0n) is 82.6. The van der Waals surface area contributed by atoms with E-state index in [1.165, 1.54) is 195 Å². The SMILES string of the molecule is Cc1c(N(C)c2ncc(C(=O)O)cn2)sc2c1C(C)(C)CCC2(C)C.Cc1c(N(c2ccc(C(=O)O)cn2)C(C)C)sc2c1C(C)(C)CCC2(C)C.Cc1c(N(c2ccc(C(=O)O)cn2)S(C)(=O)=O)sc2c1C(C)(C)CCC2(C)C.Cc1c(N(c2ncc(C(=O)O)cn2)C2CC2)sc2c1C(C)(C)CCC2(C)C.Cc1c(NC(=O)c2ccc(C(=O)O)cc2)sc2c1C(C)(C)CCC2(C)C. The number of aromatic carboxylic acids is 5. The highest BCUT2D eigenvalue weighted by Crippen LogP contribution is 2.61. The molecular formula is C103H133N11O13S6. The lowest BCUT2D eigenvalue weighted by Gasteiger charge is -2.39. The maximum atomic E-state index is 12.7. The molecule has 6 N–H and O–H groups in total. The van der Waals surface area contributed by atoms with Crippen molar-refractivity contribution < 1.29 is 62.7 Å². The number of thiophene rings is 5. The molecule has 6 aliphatic rings. The summed E-state index contributed by atoms with van der Waals surface area (Å²) in [6.07, 6.45) is 23.0. The predicted molar refractivity (Wildman–Crippen MR) is 541 cm³/mol. The molecule has 9 aromatic heterocycles. The van der Waals surface area contributed by atoms with Crippen molar-refractivity contribution in [3.63, 3.8) is 0 Å². The van der Waals surface area contributed by atoms with Crippen molar-refractivity contribution in [3.8, 4) is 0 Å². The molecule has 6 aliphatic carbocycles. The fraction of sp³-hybridized carbons (Fsp3) is 0.515. The number of anilines is 9. The van der Waals surface area contributed by atoms with Crippen molar-refractivity contribution in [2.24, 2.45) is 0 Å². The van der Waals surface area contributed by atoms with Gasteiger partial charge in [-0.1, -0.05) is 138 Å². The standard InChI is InChI=1S/C22H30N2O2S.C21H27N3O2S.C21H25NO3S.C20H26N2O4S2.C19H25N3O2S/c1-13(2)24(16-9-8-15(12-23-16)20(25)26)19-14(3)17-18(27-19)22(6,7)11-10-21(17,4)5;1-12-15-16(21(4,5)9-8-20(15,2)3)27-17(12)24(14-6-7-14)19-22-10-13(11-23-19)18(25)26;1-12-15-16(21(4,5)11-10-20(15,2)3)26-18(12)22-17(23)13-6-8-14(9-7-13)19(24)25;1-12-15-16(20(4,5)10-9-19(15,2)3)27-17(12)22(28(6,25)26)14-8-7-13(11-21-14)18(23)24;1-11-13-14(19(4,5)8-7-18(13,2)3)25-15(11)22(6)17-20-9-12(10-21-17)16(23)24/h8-9,12-13H,10-11H2,1-7H3,(H,25,26);10-11,14H,6-9H2,1-5H3,(H,25,26);6-9H,10-11H2,1-5H3,(H,22,23)(H,24,25);7-8,11H,9-10H2,1-6H3,(H,23,24);9-10H,7-8H2,1-6H3,(H,23,24). The van der Waals surface area contributed by atoms with E-state index in [-0.39, 0.29) is 99.7 Å². The third-order valence-electron chi connectivity index (χ3n) is 28.0. The molecule has 1 saturated carbocycles. The second-order valence-electron chi connectivity index (χ2n) is 43.6. The topological polar surface area (TPSA) is 340 Å². The van der Waals surface area contributed by atoms with Gasteiger partial charge in [0.05, 0.1) is 39.1 Å². The van der Waals surface area contributed by atoms with Crippen LogP contribution in [0.1, 0.15) is 372 Å². The summed E-state index contributed by atoms with van der Waals surface area (Å²) < 4.78 is 26.7. The van der Waals surface area contributed by atoms with Crippen LogP contribution in [0, 0.1) is 34.6 Å². The van der Waals surface area contributed by atoms with Crippen LogP contribution in [0.2, 0.25) is 0 Å². The maximum absolute atomic E-state index is 12.7. The van der Waals surface area contributed by atoms with E-state index in [4.69, 9.17) is 25.5 Å². The molecule has 0 bridgehead atoms. The zero-order chi connectivity index (χ0) is 98.6. The van der Waals surface area contributed by atoms with E-state index in [1.807, 2.05) is 58.9 Å². The van der Waals surface area contributed by atoms with Crippen molar-refractivity contribution >= 4 is 151 Å². The first-order valence-electron chi connectivity index (χ1n) is 45.6. The summed E-state index contributed by atoms with van der Waals surface area (Å²) in [4.78, 5) is 107. The minimum Gasteiger partial charge on any atom is -0.478 e. The molecule has 10 aromatic rings. The Morgan fingerprint density at radius 1 is 0.361 bits per heavy atom. The highest BCUT2D eigenvalue weighted by atomic mass is 32.2. The van der Waals surface area contributed by atoms with Crippen LogP contribution < -0.4 is 24.3 Å². The minimum absolute atomic E-state index is 0.0154. The Morgan fingerprint density at radius 3 is 0.977 bits per heavy atom. The average Bonchev–Trinajstić information content (AvgIpc) is 1.65. The highest BCUT2D eigenvalue weighted by Gasteiger charge is 2.49. The lowest BCUT2D eigenvalue weighted by molar-refractivity contribution is 0.0685. The number of fused-ring (bicyclic) bond motifs is 5. The number of aromatic nitrogens is 6. The maximum Gasteiger partial charge on any atom is 0.338 e. The summed E-state index contributed by atoms with van der Waals surface area (Å²) in [6, 6.07) is 12.9. The van der Waals surface area contributed by atoms with Crippen molar-refractivity contribution in [2.75, 3.05) is 37.6 Å². The molecule has 1 amide bonds. The number of nitrogens with one attached hydrogen (secondary N) is 1. The number of sulfonamides is 1. The van der Waals surface area contributed by atoms with Gasteiger partial charge in [0.1, 0.15) is 31.6 Å². The predicted octanol–water partition coefficient (Wildman–Crippen LogP) is 25.9. The van der Waals surface area contributed by atoms with E-state index in [0.29, 0.717) is 28.5 Å². The summed E-state index contributed by atoms with van der Waals surface area (Å²) >= 11 is 8.76. The van der Waals surface area contributed by atoms with E-state index >= 15 is 0 Å². The monoisotopic (exact) mass is 1920 g/mol. The minimum atomic E-state index is -3.67. The second-order valence-corrected chi connectivity index (χ2v) is 50.5. The van der Waals surface area contributed by atoms with Crippen LogP contribution in [-0.2, 0) is 64.2 Å². The number of carbonyl (C=O) groups excluding carboxylic acids is 1. The summed E-state index contributed by atoms with van der Waals surface area (Å²) in [5, 5.41) is 53.5. The number of carboxylic acid groups (broad SMARTS) is 5. The van der Waals surface area contributed by atoms with Crippen molar-refractivity contribution in [3.05, 3.63) is 199 Å². The molecule has 133 heavy (non-hydrogen) atoms. The van der Waals surface area contributed by atoms with Crippen molar-refractivity contribution in [1.29, 1.82) is 0 Å².